The molecule has 12 heteroatoms. The molecular formula is C62H114N2O9S. The molecule has 74 heavy (non-hydrogen) atoms. The van der Waals surface area contributed by atoms with Crippen molar-refractivity contribution in [3.05, 3.63) is 48.6 Å². The molecule has 0 aromatic carbocycles. The summed E-state index contributed by atoms with van der Waals surface area (Å²) in [5.74, 6) is 0.461. The lowest BCUT2D eigenvalue weighted by Crippen LogP contribution is -2.30. The van der Waals surface area contributed by atoms with E-state index in [0.717, 1.165) is 212 Å². The Bertz CT molecular complexity index is 1220. The first-order chi connectivity index (χ1) is 36.3. The monoisotopic (exact) mass is 1060 g/mol. The van der Waals surface area contributed by atoms with Crippen LogP contribution in [0.5, 0.6) is 0 Å². The maximum atomic E-state index is 13.4. The summed E-state index contributed by atoms with van der Waals surface area (Å²) in [6.45, 7) is 21.0. The number of hydrogen-bond acceptors (Lipinski definition) is 11. The molecule has 0 atom stereocenters. The fourth-order valence-electron chi connectivity index (χ4n) is 8.11. The Morgan fingerprint density at radius 3 is 1.08 bits per heavy atom. The second-order valence-corrected chi connectivity index (χ2v) is 20.4. The fourth-order valence-corrected chi connectivity index (χ4v) is 8.93. The van der Waals surface area contributed by atoms with Gasteiger partial charge in [-0.1, -0.05) is 140 Å². The Labute approximate surface area is 459 Å². The predicted octanol–water partition coefficient (Wildman–Crippen LogP) is 16.7. The van der Waals surface area contributed by atoms with Crippen LogP contribution >= 0.6 is 11.8 Å². The minimum absolute atomic E-state index is 0.190. The van der Waals surface area contributed by atoms with Crippen LogP contribution in [0.15, 0.2) is 48.6 Å². The predicted molar refractivity (Wildman–Crippen MR) is 313 cm³/mol. The summed E-state index contributed by atoms with van der Waals surface area (Å²) in [6, 6.07) is 0. The van der Waals surface area contributed by atoms with E-state index in [9.17, 15) is 14.4 Å². The molecule has 0 bridgehead atoms. The topological polar surface area (TPSA) is 113 Å². The molecule has 11 nitrogen and oxygen atoms in total. The molecule has 0 aromatic heterocycles. The van der Waals surface area contributed by atoms with E-state index in [1.54, 1.807) is 0 Å². The quantitative estimate of drug-likeness (QED) is 0.0251. The van der Waals surface area contributed by atoms with Gasteiger partial charge in [-0.05, 0) is 154 Å². The Hall–Kier alpha value is -2.48. The van der Waals surface area contributed by atoms with E-state index < -0.39 is 0 Å². The first-order valence-electron chi connectivity index (χ1n) is 30.4. The summed E-state index contributed by atoms with van der Waals surface area (Å²) in [5, 5.41) is 0.193. The maximum absolute atomic E-state index is 13.4. The zero-order valence-corrected chi connectivity index (χ0v) is 49.5. The summed E-state index contributed by atoms with van der Waals surface area (Å²) in [4.78, 5) is 43.2. The number of esters is 2. The first-order valence-corrected chi connectivity index (χ1v) is 31.3. The fraction of sp³-hybridized carbons (Fsp3) is 0.823. The van der Waals surface area contributed by atoms with E-state index >= 15 is 0 Å². The molecule has 0 aliphatic heterocycles. The molecule has 0 aliphatic rings. The molecule has 0 fully saturated rings. The minimum Gasteiger partial charge on any atom is -0.466 e. The van der Waals surface area contributed by atoms with E-state index in [1.165, 1.54) is 11.8 Å². The van der Waals surface area contributed by atoms with Gasteiger partial charge in [-0.3, -0.25) is 14.4 Å². The second kappa shape index (κ2) is 58.2. The minimum atomic E-state index is -0.381. The highest BCUT2D eigenvalue weighted by Crippen LogP contribution is 2.17. The van der Waals surface area contributed by atoms with Gasteiger partial charge in [0.05, 0.1) is 26.1 Å². The van der Waals surface area contributed by atoms with Crippen LogP contribution in [0, 0.1) is 0 Å². The number of allylic oxidation sites excluding steroid dienone is 8. The van der Waals surface area contributed by atoms with Gasteiger partial charge in [-0.15, -0.1) is 0 Å². The van der Waals surface area contributed by atoms with Crippen LogP contribution in [0.3, 0.4) is 0 Å². The van der Waals surface area contributed by atoms with Crippen molar-refractivity contribution in [3.8, 4) is 0 Å². The number of carbonyl (C=O) groups is 3. The molecule has 0 heterocycles. The zero-order chi connectivity index (χ0) is 54.1. The maximum Gasteiger partial charge on any atom is 0.305 e. The Morgan fingerprint density at radius 2 is 0.730 bits per heavy atom. The smallest absolute Gasteiger partial charge is 0.305 e. The van der Waals surface area contributed by atoms with Crippen molar-refractivity contribution in [3.63, 3.8) is 0 Å². The summed E-state index contributed by atoms with van der Waals surface area (Å²) >= 11 is 1.47. The van der Waals surface area contributed by atoms with Crippen molar-refractivity contribution >= 4 is 28.9 Å². The molecule has 0 aliphatic carbocycles. The molecular weight excluding hydrogens is 949 g/mol. The Kier molecular flexibility index (Phi) is 56.3. The SMILES string of the molecule is CC/C=C\CCCCOC(CCC(=O)OCCCCCCCN(CCCCCCCOC(=O)CCC(OCCCC/C=C\CC)OCCCC/C=C\CC)C(=O)SCCCN(CC)CC)OCCCC/C=C\CC. The molecule has 0 radical (unpaired) electrons. The van der Waals surface area contributed by atoms with Crippen molar-refractivity contribution in [2.75, 3.05) is 78.1 Å². The molecule has 0 rings (SSSR count). The number of hydrogen-bond donors (Lipinski definition) is 0. The molecule has 1 amide bonds. The van der Waals surface area contributed by atoms with Gasteiger partial charge in [0.15, 0.2) is 12.6 Å². The lowest BCUT2D eigenvalue weighted by Gasteiger charge is -2.23. The van der Waals surface area contributed by atoms with E-state index in [0.29, 0.717) is 65.3 Å². The van der Waals surface area contributed by atoms with Gasteiger partial charge in [0.1, 0.15) is 0 Å². The van der Waals surface area contributed by atoms with Gasteiger partial charge in [0, 0.05) is 58.1 Å². The van der Waals surface area contributed by atoms with Crippen LogP contribution < -0.4 is 0 Å². The molecule has 0 aromatic rings. The van der Waals surface area contributed by atoms with Crippen LogP contribution in [0.25, 0.3) is 0 Å². The van der Waals surface area contributed by atoms with E-state index in [4.69, 9.17) is 28.4 Å². The van der Waals surface area contributed by atoms with Crippen LogP contribution in [0.2, 0.25) is 0 Å². The Balaban J connectivity index is 4.69. The number of unbranched alkanes of at least 4 members (excludes halogenated alkanes) is 16. The molecule has 0 spiro atoms. The van der Waals surface area contributed by atoms with Crippen molar-refractivity contribution in [1.29, 1.82) is 0 Å². The van der Waals surface area contributed by atoms with Gasteiger partial charge in [-0.2, -0.15) is 0 Å². The number of ether oxygens (including phenoxy) is 6. The summed E-state index contributed by atoms with van der Waals surface area (Å²) in [7, 11) is 0. The molecule has 0 unspecified atom stereocenters. The Morgan fingerprint density at radius 1 is 0.392 bits per heavy atom. The lowest BCUT2D eigenvalue weighted by molar-refractivity contribution is -0.159. The normalized spacial score (nSPS) is 12.1. The van der Waals surface area contributed by atoms with E-state index in [-0.39, 0.29) is 29.8 Å². The first kappa shape index (κ1) is 71.5. The third-order valence-corrected chi connectivity index (χ3v) is 13.7. The number of rotatable bonds is 56. The van der Waals surface area contributed by atoms with E-state index in [2.05, 4.69) is 100.0 Å². The number of thioether (sulfide) groups is 1. The molecule has 0 N–H and O–H groups in total. The van der Waals surface area contributed by atoms with Crippen molar-refractivity contribution in [1.82, 2.24) is 9.80 Å². The summed E-state index contributed by atoms with van der Waals surface area (Å²) in [5.41, 5.74) is 0. The third-order valence-electron chi connectivity index (χ3n) is 12.7. The molecule has 0 saturated heterocycles. The summed E-state index contributed by atoms with van der Waals surface area (Å²) < 4.78 is 35.5. The number of nitrogens with zero attached hydrogens (tertiary/aromatic N) is 2. The summed E-state index contributed by atoms with van der Waals surface area (Å²) in [6.07, 6.45) is 46.1. The standard InChI is InChI=1S/C62H114N2O9S/c1-7-13-17-21-29-39-53-70-60(71-54-40-30-22-18-14-8-2)46-44-58(65)68-51-37-33-25-27-35-49-64(62(67)74-57-43-48-63(11-5)12-6)50-36-28-26-34-38-52-69-59(66)45-47-61(72-55-41-31-23-19-15-9-3)73-56-42-32-24-20-16-10-4/h13-20,60-61H,7-12,21-57H2,1-6H3/b17-13-,18-14-,19-15-,20-16-. The van der Waals surface area contributed by atoms with Crippen molar-refractivity contribution in [2.45, 2.75) is 253 Å². The van der Waals surface area contributed by atoms with Crippen LogP contribution in [-0.4, -0.2) is 118 Å². The highest BCUT2D eigenvalue weighted by Gasteiger charge is 2.17. The highest BCUT2D eigenvalue weighted by atomic mass is 32.2. The van der Waals surface area contributed by atoms with E-state index in [1.807, 2.05) is 0 Å². The van der Waals surface area contributed by atoms with Crippen molar-refractivity contribution < 1.29 is 42.8 Å². The van der Waals surface area contributed by atoms with Crippen LogP contribution in [0.4, 0.5) is 4.79 Å². The average Bonchev–Trinajstić information content (AvgIpc) is 3.40. The van der Waals surface area contributed by atoms with Gasteiger partial charge in [-0.25, -0.2) is 0 Å². The van der Waals surface area contributed by atoms with Gasteiger partial charge < -0.3 is 38.2 Å². The van der Waals surface area contributed by atoms with Crippen LogP contribution in [-0.2, 0) is 38.0 Å². The number of carbonyl (C=O) groups excluding carboxylic acids is 3. The average molecular weight is 1060 g/mol. The van der Waals surface area contributed by atoms with Gasteiger partial charge >= 0.3 is 11.9 Å². The van der Waals surface area contributed by atoms with Gasteiger partial charge in [0.25, 0.3) is 5.24 Å². The zero-order valence-electron chi connectivity index (χ0n) is 48.7. The lowest BCUT2D eigenvalue weighted by atomic mass is 10.1. The van der Waals surface area contributed by atoms with Crippen molar-refractivity contribution in [2.24, 2.45) is 0 Å². The second-order valence-electron chi connectivity index (χ2n) is 19.4. The van der Waals surface area contributed by atoms with Crippen LogP contribution in [0.1, 0.15) is 241 Å². The third kappa shape index (κ3) is 50.3. The molecule has 0 saturated carbocycles. The van der Waals surface area contributed by atoms with Gasteiger partial charge in [0.2, 0.25) is 0 Å². The number of amides is 1. The highest BCUT2D eigenvalue weighted by molar-refractivity contribution is 8.13. The largest absolute Gasteiger partial charge is 0.466 e. The molecule has 432 valence electrons.